The quantitative estimate of drug-likeness (QED) is 0.396. The summed E-state index contributed by atoms with van der Waals surface area (Å²) in [6, 6.07) is 0. The molecule has 2 unspecified atom stereocenters. The topological polar surface area (TPSA) is 37.3 Å². The highest BCUT2D eigenvalue weighted by Gasteiger charge is 2.50. The van der Waals surface area contributed by atoms with Gasteiger partial charge in [0.05, 0.1) is 6.21 Å². The van der Waals surface area contributed by atoms with E-state index in [4.69, 9.17) is 0 Å². The van der Waals surface area contributed by atoms with Gasteiger partial charge < -0.3 is 0 Å². The zero-order chi connectivity index (χ0) is 16.1. The predicted molar refractivity (Wildman–Crippen MR) is 74.3 cm³/mol. The maximum Gasteiger partial charge on any atom is 0.254 e. The van der Waals surface area contributed by atoms with Crippen LogP contribution in [0.2, 0.25) is 0 Å². The summed E-state index contributed by atoms with van der Waals surface area (Å²) in [6.45, 7) is 4.35. The van der Waals surface area contributed by atoms with Crippen molar-refractivity contribution < 1.29 is 17.6 Å². The number of anilines is 1. The minimum Gasteiger partial charge on any atom is -0.272 e. The molecule has 3 nitrogen and oxygen atoms in total. The number of hydrogen-bond donors (Lipinski definition) is 1. The van der Waals surface area contributed by atoms with Gasteiger partial charge in [-0.2, -0.15) is 27.6 Å². The van der Waals surface area contributed by atoms with Crippen molar-refractivity contribution in [2.24, 2.45) is 22.4 Å². The molecule has 22 heavy (non-hydrogen) atoms. The molecular weight excluding hydrogens is 298 g/mol. The minimum absolute atomic E-state index is 0.182. The van der Waals surface area contributed by atoms with Gasteiger partial charge in [0.2, 0.25) is 11.6 Å². The van der Waals surface area contributed by atoms with Crippen LogP contribution in [0.4, 0.5) is 23.2 Å². The molecule has 0 aromatic carbocycles. The van der Waals surface area contributed by atoms with E-state index in [1.165, 1.54) is 6.21 Å². The molecule has 1 aromatic heterocycles. The van der Waals surface area contributed by atoms with Crippen LogP contribution in [0.15, 0.2) is 16.8 Å². The Morgan fingerprint density at radius 2 is 1.86 bits per heavy atom. The van der Waals surface area contributed by atoms with Crippen LogP contribution < -0.4 is 5.43 Å². The molecular formula is C15H15F4N3. The molecule has 118 valence electrons. The number of fused-ring (bicyclic) bond motifs is 1. The van der Waals surface area contributed by atoms with E-state index in [1.807, 2.05) is 11.5 Å². The van der Waals surface area contributed by atoms with Crippen molar-refractivity contribution >= 4 is 11.9 Å². The first-order valence-corrected chi connectivity index (χ1v) is 7.01. The van der Waals surface area contributed by atoms with Crippen LogP contribution in [-0.2, 0) is 0 Å². The van der Waals surface area contributed by atoms with Crippen LogP contribution in [0.25, 0.3) is 0 Å². The average Bonchev–Trinajstić information content (AvgIpc) is 2.48. The fraction of sp³-hybridized carbons (Fsp3) is 0.467. The molecule has 2 atom stereocenters. The van der Waals surface area contributed by atoms with Crippen LogP contribution in [-0.4, -0.2) is 11.2 Å². The number of aromatic nitrogens is 1. The first kappa shape index (κ1) is 15.0. The molecule has 1 fully saturated rings. The molecule has 0 radical (unpaired) electrons. The highest BCUT2D eigenvalue weighted by molar-refractivity contribution is 5.81. The van der Waals surface area contributed by atoms with Crippen LogP contribution in [0.1, 0.15) is 26.7 Å². The molecule has 3 aliphatic rings. The number of hydrogen-bond acceptors (Lipinski definition) is 3. The van der Waals surface area contributed by atoms with E-state index in [0.717, 1.165) is 18.4 Å². The Balaban J connectivity index is 1.78. The van der Waals surface area contributed by atoms with Crippen molar-refractivity contribution in [2.45, 2.75) is 26.7 Å². The largest absolute Gasteiger partial charge is 0.272 e. The summed E-state index contributed by atoms with van der Waals surface area (Å²) < 4.78 is 52.8. The minimum atomic E-state index is -1.71. The van der Waals surface area contributed by atoms with Gasteiger partial charge in [0.1, 0.15) is 5.69 Å². The summed E-state index contributed by atoms with van der Waals surface area (Å²) in [6.07, 6.45) is 5.49. The van der Waals surface area contributed by atoms with E-state index in [9.17, 15) is 17.6 Å². The molecule has 1 aromatic rings. The second-order valence-corrected chi connectivity index (χ2v) is 6.31. The van der Waals surface area contributed by atoms with Gasteiger partial charge in [-0.25, -0.2) is 0 Å². The second-order valence-electron chi connectivity index (χ2n) is 6.31. The van der Waals surface area contributed by atoms with Gasteiger partial charge in [-0.1, -0.05) is 19.9 Å². The lowest BCUT2D eigenvalue weighted by atomic mass is 9.49. The van der Waals surface area contributed by atoms with Gasteiger partial charge in [0, 0.05) is 0 Å². The summed E-state index contributed by atoms with van der Waals surface area (Å²) in [5.74, 6) is -5.62. The second kappa shape index (κ2) is 5.07. The van der Waals surface area contributed by atoms with Crippen molar-refractivity contribution in [3.8, 4) is 0 Å². The Morgan fingerprint density at radius 3 is 2.41 bits per heavy atom. The van der Waals surface area contributed by atoms with Gasteiger partial charge in [-0.3, -0.25) is 5.43 Å². The van der Waals surface area contributed by atoms with Crippen LogP contribution >= 0.6 is 0 Å². The average molecular weight is 313 g/mol. The number of rotatable bonds is 3. The third-order valence-corrected chi connectivity index (χ3v) is 4.90. The maximum atomic E-state index is 13.4. The molecule has 1 saturated carbocycles. The first-order chi connectivity index (χ1) is 10.3. The van der Waals surface area contributed by atoms with Crippen LogP contribution in [0.5, 0.6) is 0 Å². The van der Waals surface area contributed by atoms with Gasteiger partial charge in [-0.15, -0.1) is 0 Å². The van der Waals surface area contributed by atoms with Crippen molar-refractivity contribution in [3.05, 3.63) is 35.2 Å². The van der Waals surface area contributed by atoms with E-state index in [2.05, 4.69) is 23.9 Å². The highest BCUT2D eigenvalue weighted by Crippen LogP contribution is 2.58. The molecule has 7 heteroatoms. The Bertz CT molecular complexity index is 656. The van der Waals surface area contributed by atoms with E-state index < -0.39 is 29.2 Å². The standard InChI is InChI=1S/C15H15F4N3/c1-15(2)8-4-3-7(9(15)5-8)6-20-22-12-10(16)13(18)21-14(19)11(12)17/h3,6,8-9H,4-5H2,1-2H3,(H,21,22). The number of hydrazone groups is 1. The van der Waals surface area contributed by atoms with E-state index >= 15 is 0 Å². The Morgan fingerprint density at radius 1 is 1.23 bits per heavy atom. The molecule has 1 N–H and O–H groups in total. The maximum absolute atomic E-state index is 13.4. The first-order valence-electron chi connectivity index (χ1n) is 7.01. The Kier molecular flexibility index (Phi) is 3.45. The third-order valence-electron chi connectivity index (χ3n) is 4.90. The molecule has 1 heterocycles. The molecule has 4 rings (SSSR count). The summed E-state index contributed by atoms with van der Waals surface area (Å²) >= 11 is 0. The van der Waals surface area contributed by atoms with Gasteiger partial charge in [0.15, 0.2) is 0 Å². The van der Waals surface area contributed by atoms with Crippen molar-refractivity contribution in [2.75, 3.05) is 5.43 Å². The molecule has 0 aliphatic heterocycles. The predicted octanol–water partition coefficient (Wildman–Crippen LogP) is 4.03. The van der Waals surface area contributed by atoms with Crippen molar-refractivity contribution in [1.82, 2.24) is 4.98 Å². The number of pyridine rings is 1. The fourth-order valence-electron chi connectivity index (χ4n) is 3.30. The lowest BCUT2D eigenvalue weighted by Gasteiger charge is -2.55. The monoisotopic (exact) mass is 313 g/mol. The summed E-state index contributed by atoms with van der Waals surface area (Å²) in [5.41, 5.74) is 2.20. The van der Waals surface area contributed by atoms with Crippen molar-refractivity contribution in [3.63, 3.8) is 0 Å². The molecule has 0 spiro atoms. The molecule has 3 aliphatic carbocycles. The fourth-order valence-corrected chi connectivity index (χ4v) is 3.30. The zero-order valence-electron chi connectivity index (χ0n) is 12.1. The van der Waals surface area contributed by atoms with Crippen molar-refractivity contribution in [1.29, 1.82) is 0 Å². The highest BCUT2D eigenvalue weighted by atomic mass is 19.2. The Hall–Kier alpha value is -1.92. The summed E-state index contributed by atoms with van der Waals surface area (Å²) in [7, 11) is 0. The lowest BCUT2D eigenvalue weighted by Crippen LogP contribution is -2.48. The number of allylic oxidation sites excluding steroid dienone is 2. The summed E-state index contributed by atoms with van der Waals surface area (Å²) in [5, 5.41) is 3.73. The SMILES string of the molecule is CC1(C)C2CC=C(C=NNc3c(F)c(F)nc(F)c3F)C1C2. The van der Waals surface area contributed by atoms with Crippen LogP contribution in [0.3, 0.4) is 0 Å². The van der Waals surface area contributed by atoms with Crippen LogP contribution in [0, 0.1) is 40.8 Å². The van der Waals surface area contributed by atoms with E-state index in [0.29, 0.717) is 11.8 Å². The zero-order valence-corrected chi connectivity index (χ0v) is 12.1. The normalized spacial score (nSPS) is 25.8. The lowest BCUT2D eigenvalue weighted by molar-refractivity contribution is -0.00124. The van der Waals surface area contributed by atoms with Gasteiger partial charge in [-0.05, 0) is 35.7 Å². The molecule has 2 bridgehead atoms. The summed E-state index contributed by atoms with van der Waals surface area (Å²) in [4.78, 5) is 2.48. The van der Waals surface area contributed by atoms with E-state index in [1.54, 1.807) is 0 Å². The van der Waals surface area contributed by atoms with E-state index in [-0.39, 0.29) is 5.41 Å². The third kappa shape index (κ3) is 2.19. The van der Waals surface area contributed by atoms with Gasteiger partial charge >= 0.3 is 0 Å². The smallest absolute Gasteiger partial charge is 0.254 e. The number of nitrogens with zero attached hydrogens (tertiary/aromatic N) is 2. The Labute approximate surface area is 125 Å². The number of halogens is 4. The van der Waals surface area contributed by atoms with Gasteiger partial charge in [0.25, 0.3) is 11.9 Å². The molecule has 0 amide bonds. The number of nitrogens with one attached hydrogen (secondary N) is 1. The molecule has 0 saturated heterocycles.